The smallest absolute Gasteiger partial charge is 0.206 e. The maximum atomic E-state index is 6.08. The van der Waals surface area contributed by atoms with E-state index in [1.165, 1.54) is 0 Å². The number of benzene rings is 2. The highest BCUT2D eigenvalue weighted by atomic mass is 79.9. The molecule has 108 valence electrons. The summed E-state index contributed by atoms with van der Waals surface area (Å²) in [4.78, 5) is 4.38. The lowest BCUT2D eigenvalue weighted by Crippen LogP contribution is -2.03. The quantitative estimate of drug-likeness (QED) is 0.788. The minimum atomic E-state index is 0.409. The molecule has 5 nitrogen and oxygen atoms in total. The molecule has 0 bridgehead atoms. The summed E-state index contributed by atoms with van der Waals surface area (Å²) < 4.78 is 13.5. The number of imidazole rings is 1. The van der Waals surface area contributed by atoms with Crippen LogP contribution in [-0.2, 0) is 0 Å². The van der Waals surface area contributed by atoms with Crippen molar-refractivity contribution in [2.24, 2.45) is 0 Å². The number of aromatic nitrogens is 2. The summed E-state index contributed by atoms with van der Waals surface area (Å²) in [7, 11) is 3.23. The molecule has 1 aromatic heterocycles. The van der Waals surface area contributed by atoms with Gasteiger partial charge < -0.3 is 15.2 Å². The Balaban J connectivity index is 2.29. The predicted molar refractivity (Wildman–Crippen MR) is 86.3 cm³/mol. The zero-order valence-corrected chi connectivity index (χ0v) is 13.2. The number of hydrogen-bond donors (Lipinski definition) is 1. The molecule has 1 heterocycles. The molecule has 0 atom stereocenters. The predicted octanol–water partition coefficient (Wildman–Crippen LogP) is 3.39. The first-order chi connectivity index (χ1) is 10.1. The molecular weight excluding hydrogens is 334 g/mol. The van der Waals surface area contributed by atoms with E-state index < -0.39 is 0 Å². The van der Waals surface area contributed by atoms with Crippen LogP contribution in [0.15, 0.2) is 40.9 Å². The van der Waals surface area contributed by atoms with Crippen molar-refractivity contribution in [3.63, 3.8) is 0 Å². The molecule has 2 N–H and O–H groups in total. The van der Waals surface area contributed by atoms with E-state index in [2.05, 4.69) is 20.9 Å². The molecule has 0 saturated heterocycles. The Morgan fingerprint density at radius 3 is 2.62 bits per heavy atom. The van der Waals surface area contributed by atoms with Crippen LogP contribution in [0.5, 0.6) is 11.5 Å². The number of nitrogens with two attached hydrogens (primary N) is 1. The molecule has 0 fully saturated rings. The summed E-state index contributed by atoms with van der Waals surface area (Å²) in [5.74, 6) is 1.80. The molecule has 3 rings (SSSR count). The SMILES string of the molecule is COc1ccc(-n2c(N)nc3ccc(Br)cc32)c(OC)c1. The number of nitrogen functional groups attached to an aromatic ring is 1. The number of fused-ring (bicyclic) bond motifs is 1. The van der Waals surface area contributed by atoms with Gasteiger partial charge in [0.05, 0.1) is 30.9 Å². The van der Waals surface area contributed by atoms with E-state index in [9.17, 15) is 0 Å². The average Bonchev–Trinajstić information content (AvgIpc) is 2.81. The second-order valence-corrected chi connectivity index (χ2v) is 5.39. The molecular formula is C15H14BrN3O2. The van der Waals surface area contributed by atoms with Crippen LogP contribution in [-0.4, -0.2) is 23.8 Å². The van der Waals surface area contributed by atoms with Crippen molar-refractivity contribution in [3.8, 4) is 17.2 Å². The lowest BCUT2D eigenvalue weighted by atomic mass is 10.2. The van der Waals surface area contributed by atoms with E-state index >= 15 is 0 Å². The molecule has 21 heavy (non-hydrogen) atoms. The topological polar surface area (TPSA) is 62.3 Å². The molecule has 0 saturated carbocycles. The van der Waals surface area contributed by atoms with Crippen molar-refractivity contribution in [3.05, 3.63) is 40.9 Å². The van der Waals surface area contributed by atoms with Crippen LogP contribution >= 0.6 is 15.9 Å². The van der Waals surface area contributed by atoms with Gasteiger partial charge in [0.15, 0.2) is 0 Å². The summed E-state index contributed by atoms with van der Waals surface area (Å²) in [6.07, 6.45) is 0. The molecule has 0 amide bonds. The molecule has 0 aliphatic rings. The van der Waals surface area contributed by atoms with Crippen molar-refractivity contribution in [2.75, 3.05) is 20.0 Å². The van der Waals surface area contributed by atoms with Gasteiger partial charge in [0.25, 0.3) is 0 Å². The zero-order valence-electron chi connectivity index (χ0n) is 11.6. The fourth-order valence-corrected chi connectivity index (χ4v) is 2.64. The van der Waals surface area contributed by atoms with Crippen LogP contribution in [0.1, 0.15) is 0 Å². The number of methoxy groups -OCH3 is 2. The first-order valence-corrected chi connectivity index (χ1v) is 7.09. The second kappa shape index (κ2) is 5.29. The fourth-order valence-electron chi connectivity index (χ4n) is 2.29. The fraction of sp³-hybridized carbons (Fsp3) is 0.133. The van der Waals surface area contributed by atoms with Crippen molar-refractivity contribution >= 4 is 32.9 Å². The van der Waals surface area contributed by atoms with Gasteiger partial charge in [0, 0.05) is 10.5 Å². The molecule has 6 heteroatoms. The Hall–Kier alpha value is -2.21. The molecule has 0 aliphatic heterocycles. The van der Waals surface area contributed by atoms with Crippen LogP contribution in [0, 0.1) is 0 Å². The van der Waals surface area contributed by atoms with Crippen molar-refractivity contribution < 1.29 is 9.47 Å². The van der Waals surface area contributed by atoms with Gasteiger partial charge in [-0.3, -0.25) is 4.57 Å². The Labute approximate surface area is 130 Å². The third kappa shape index (κ3) is 2.31. The molecule has 0 spiro atoms. The summed E-state index contributed by atoms with van der Waals surface area (Å²) in [5.41, 5.74) is 8.63. The highest BCUT2D eigenvalue weighted by Crippen LogP contribution is 2.33. The standard InChI is InChI=1S/C15H14BrN3O2/c1-20-10-4-6-12(14(8-10)21-2)19-13-7-9(16)3-5-11(13)18-15(19)17/h3-8H,1-2H3,(H2,17,18). The van der Waals surface area contributed by atoms with Crippen molar-refractivity contribution in [1.82, 2.24) is 9.55 Å². The first kappa shape index (κ1) is 13.8. The van der Waals surface area contributed by atoms with Gasteiger partial charge in [-0.15, -0.1) is 0 Å². The minimum absolute atomic E-state index is 0.409. The average molecular weight is 348 g/mol. The van der Waals surface area contributed by atoms with Gasteiger partial charge >= 0.3 is 0 Å². The van der Waals surface area contributed by atoms with Crippen LogP contribution in [0.4, 0.5) is 5.95 Å². The van der Waals surface area contributed by atoms with Gasteiger partial charge in [-0.2, -0.15) is 0 Å². The van der Waals surface area contributed by atoms with Crippen LogP contribution in [0.3, 0.4) is 0 Å². The van der Waals surface area contributed by atoms with Gasteiger partial charge in [-0.05, 0) is 30.3 Å². The van der Waals surface area contributed by atoms with Gasteiger partial charge in [-0.1, -0.05) is 15.9 Å². The Bertz CT molecular complexity index is 814. The van der Waals surface area contributed by atoms with E-state index in [4.69, 9.17) is 15.2 Å². The molecule has 0 unspecified atom stereocenters. The maximum absolute atomic E-state index is 6.08. The van der Waals surface area contributed by atoms with Crippen molar-refractivity contribution in [2.45, 2.75) is 0 Å². The van der Waals surface area contributed by atoms with E-state index in [-0.39, 0.29) is 0 Å². The van der Waals surface area contributed by atoms with E-state index in [0.29, 0.717) is 11.7 Å². The Morgan fingerprint density at radius 1 is 1.10 bits per heavy atom. The van der Waals surface area contributed by atoms with Crippen LogP contribution in [0.25, 0.3) is 16.7 Å². The van der Waals surface area contributed by atoms with Crippen LogP contribution in [0.2, 0.25) is 0 Å². The Morgan fingerprint density at radius 2 is 1.90 bits per heavy atom. The number of rotatable bonds is 3. The molecule has 2 aromatic carbocycles. The zero-order chi connectivity index (χ0) is 15.0. The lowest BCUT2D eigenvalue weighted by molar-refractivity contribution is 0.393. The normalized spacial score (nSPS) is 10.8. The van der Waals surface area contributed by atoms with Gasteiger partial charge in [-0.25, -0.2) is 4.98 Å². The highest BCUT2D eigenvalue weighted by Gasteiger charge is 2.14. The maximum Gasteiger partial charge on any atom is 0.206 e. The third-order valence-electron chi connectivity index (χ3n) is 3.27. The van der Waals surface area contributed by atoms with Gasteiger partial charge in [0.1, 0.15) is 11.5 Å². The summed E-state index contributed by atoms with van der Waals surface area (Å²) in [6, 6.07) is 11.4. The minimum Gasteiger partial charge on any atom is -0.497 e. The van der Waals surface area contributed by atoms with E-state index in [1.807, 2.05) is 41.0 Å². The summed E-state index contributed by atoms with van der Waals surface area (Å²) in [5, 5.41) is 0. The van der Waals surface area contributed by atoms with Crippen molar-refractivity contribution in [1.29, 1.82) is 0 Å². The number of halogens is 1. The highest BCUT2D eigenvalue weighted by molar-refractivity contribution is 9.10. The van der Waals surface area contributed by atoms with Crippen LogP contribution < -0.4 is 15.2 Å². The number of hydrogen-bond acceptors (Lipinski definition) is 4. The monoisotopic (exact) mass is 347 g/mol. The lowest BCUT2D eigenvalue weighted by Gasteiger charge is -2.13. The number of anilines is 1. The first-order valence-electron chi connectivity index (χ1n) is 6.30. The van der Waals surface area contributed by atoms with Gasteiger partial charge in [0.2, 0.25) is 5.95 Å². The molecule has 0 radical (unpaired) electrons. The summed E-state index contributed by atoms with van der Waals surface area (Å²) in [6.45, 7) is 0. The Kier molecular flexibility index (Phi) is 3.47. The largest absolute Gasteiger partial charge is 0.497 e. The number of nitrogens with zero attached hydrogens (tertiary/aromatic N) is 2. The van der Waals surface area contributed by atoms with E-state index in [1.54, 1.807) is 14.2 Å². The van der Waals surface area contributed by atoms with E-state index in [0.717, 1.165) is 26.9 Å². The number of ether oxygens (including phenoxy) is 2. The summed E-state index contributed by atoms with van der Waals surface area (Å²) >= 11 is 3.47. The second-order valence-electron chi connectivity index (χ2n) is 4.48. The third-order valence-corrected chi connectivity index (χ3v) is 3.76. The molecule has 3 aromatic rings. The molecule has 0 aliphatic carbocycles.